The topological polar surface area (TPSA) is 38.5 Å². The zero-order chi connectivity index (χ0) is 14.4. The van der Waals surface area contributed by atoms with Gasteiger partial charge in [-0.1, -0.05) is 17.7 Å². The Balaban J connectivity index is 1.76. The van der Waals surface area contributed by atoms with Crippen molar-refractivity contribution in [1.29, 1.82) is 0 Å². The molecule has 0 amide bonds. The maximum atomic E-state index is 13.7. The molecule has 0 saturated carbocycles. The molecule has 20 heavy (non-hydrogen) atoms. The molecule has 0 atom stereocenters. The molecule has 0 aliphatic carbocycles. The minimum absolute atomic E-state index is 0.223. The summed E-state index contributed by atoms with van der Waals surface area (Å²) in [4.78, 5) is 2.26. The van der Waals surface area contributed by atoms with Crippen LogP contribution in [0.5, 0.6) is 0 Å². The van der Waals surface area contributed by atoms with Crippen molar-refractivity contribution in [3.63, 3.8) is 0 Å². The number of hydrogen-bond donors (Lipinski definition) is 1. The highest BCUT2D eigenvalue weighted by Crippen LogP contribution is 2.20. The van der Waals surface area contributed by atoms with Gasteiger partial charge in [0, 0.05) is 36.8 Å². The third-order valence-electron chi connectivity index (χ3n) is 3.65. The minimum atomic E-state index is -0.223. The normalized spacial score (nSPS) is 17.6. The van der Waals surface area contributed by atoms with Crippen LogP contribution in [0.15, 0.2) is 18.2 Å². The van der Waals surface area contributed by atoms with E-state index in [1.165, 1.54) is 6.07 Å². The Labute approximate surface area is 124 Å². The minimum Gasteiger partial charge on any atom is -0.378 e. The molecule has 1 aliphatic heterocycles. The molecule has 0 bridgehead atoms. The summed E-state index contributed by atoms with van der Waals surface area (Å²) in [6.07, 6.45) is 3.24. The van der Waals surface area contributed by atoms with Crippen LogP contribution in [0.25, 0.3) is 0 Å². The molecule has 2 rings (SSSR count). The molecular weight excluding hydrogens is 279 g/mol. The van der Waals surface area contributed by atoms with Crippen LogP contribution in [0.4, 0.5) is 4.39 Å². The lowest BCUT2D eigenvalue weighted by Gasteiger charge is -2.32. The first kappa shape index (κ1) is 15.7. The van der Waals surface area contributed by atoms with Crippen LogP contribution >= 0.6 is 11.6 Å². The number of halogens is 2. The quantitative estimate of drug-likeness (QED) is 0.821. The summed E-state index contributed by atoms with van der Waals surface area (Å²) in [6.45, 7) is 3.94. The monoisotopic (exact) mass is 300 g/mol. The number of likely N-dealkylation sites (tertiary alicyclic amines) is 1. The van der Waals surface area contributed by atoms with Gasteiger partial charge in [-0.3, -0.25) is 4.90 Å². The summed E-state index contributed by atoms with van der Waals surface area (Å²) in [5.41, 5.74) is 6.15. The van der Waals surface area contributed by atoms with Crippen molar-refractivity contribution in [2.24, 2.45) is 5.73 Å². The van der Waals surface area contributed by atoms with Gasteiger partial charge in [-0.05, 0) is 37.9 Å². The molecular formula is C15H22ClFN2O. The van der Waals surface area contributed by atoms with Crippen molar-refractivity contribution in [3.05, 3.63) is 34.6 Å². The molecule has 1 aromatic carbocycles. The van der Waals surface area contributed by atoms with Crippen LogP contribution < -0.4 is 5.73 Å². The van der Waals surface area contributed by atoms with Gasteiger partial charge in [0.1, 0.15) is 5.82 Å². The summed E-state index contributed by atoms with van der Waals surface area (Å²) in [7, 11) is 0. The highest BCUT2D eigenvalue weighted by Gasteiger charge is 2.20. The maximum absolute atomic E-state index is 13.7. The molecule has 0 unspecified atom stereocenters. The Hall–Kier alpha value is -0.680. The smallest absolute Gasteiger partial charge is 0.129 e. The number of ether oxygens (including phenoxy) is 1. The van der Waals surface area contributed by atoms with Crippen LogP contribution in [0.1, 0.15) is 24.8 Å². The summed E-state index contributed by atoms with van der Waals surface area (Å²) >= 11 is 5.76. The van der Waals surface area contributed by atoms with E-state index in [9.17, 15) is 4.39 Å². The zero-order valence-electron chi connectivity index (χ0n) is 11.7. The Morgan fingerprint density at radius 2 is 2.10 bits per heavy atom. The molecule has 1 fully saturated rings. The Morgan fingerprint density at radius 3 is 2.75 bits per heavy atom. The number of hydrogen-bond acceptors (Lipinski definition) is 3. The van der Waals surface area contributed by atoms with E-state index in [4.69, 9.17) is 22.1 Å². The first-order chi connectivity index (χ1) is 9.69. The lowest BCUT2D eigenvalue weighted by Crippen LogP contribution is -2.37. The van der Waals surface area contributed by atoms with E-state index in [-0.39, 0.29) is 5.82 Å². The van der Waals surface area contributed by atoms with E-state index in [0.29, 0.717) is 29.8 Å². The standard InChI is InChI=1S/C15H22ClFN2O/c16-13-3-2-12(15(17)10-13)11-19-7-4-14(5-8-19)20-9-1-6-18/h2-3,10,14H,1,4-9,11,18H2. The Morgan fingerprint density at radius 1 is 1.35 bits per heavy atom. The molecule has 2 N–H and O–H groups in total. The van der Waals surface area contributed by atoms with E-state index < -0.39 is 0 Å². The van der Waals surface area contributed by atoms with Crippen molar-refractivity contribution >= 4 is 11.6 Å². The van der Waals surface area contributed by atoms with Crippen LogP contribution in [0.2, 0.25) is 5.02 Å². The van der Waals surface area contributed by atoms with Crippen LogP contribution in [-0.4, -0.2) is 37.2 Å². The number of nitrogens with two attached hydrogens (primary N) is 1. The van der Waals surface area contributed by atoms with Gasteiger partial charge in [-0.25, -0.2) is 4.39 Å². The number of nitrogens with zero attached hydrogens (tertiary/aromatic N) is 1. The molecule has 112 valence electrons. The number of rotatable bonds is 6. The fourth-order valence-corrected chi connectivity index (χ4v) is 2.62. The van der Waals surface area contributed by atoms with Crippen molar-refractivity contribution in [1.82, 2.24) is 4.90 Å². The SMILES string of the molecule is NCCCOC1CCN(Cc2ccc(Cl)cc2F)CC1. The predicted octanol–water partition coefficient (Wildman–Crippen LogP) is 2.81. The van der Waals surface area contributed by atoms with Gasteiger partial charge < -0.3 is 10.5 Å². The molecule has 0 radical (unpaired) electrons. The summed E-state index contributed by atoms with van der Waals surface area (Å²) in [5.74, 6) is -0.223. The Bertz CT molecular complexity index is 422. The van der Waals surface area contributed by atoms with Gasteiger partial charge in [-0.2, -0.15) is 0 Å². The van der Waals surface area contributed by atoms with Gasteiger partial charge >= 0.3 is 0 Å². The number of benzene rings is 1. The van der Waals surface area contributed by atoms with E-state index in [2.05, 4.69) is 4.90 Å². The molecule has 5 heteroatoms. The van der Waals surface area contributed by atoms with Gasteiger partial charge in [0.2, 0.25) is 0 Å². The fraction of sp³-hybridized carbons (Fsp3) is 0.600. The molecule has 1 heterocycles. The van der Waals surface area contributed by atoms with E-state index in [1.54, 1.807) is 12.1 Å². The van der Waals surface area contributed by atoms with E-state index in [1.807, 2.05) is 0 Å². The summed E-state index contributed by atoms with van der Waals surface area (Å²) < 4.78 is 19.5. The van der Waals surface area contributed by atoms with Gasteiger partial charge in [0.15, 0.2) is 0 Å². The van der Waals surface area contributed by atoms with Crippen molar-refractivity contribution in [2.75, 3.05) is 26.2 Å². The molecule has 1 aromatic rings. The molecule has 1 aliphatic rings. The first-order valence-corrected chi connectivity index (χ1v) is 7.55. The van der Waals surface area contributed by atoms with E-state index in [0.717, 1.165) is 39.0 Å². The first-order valence-electron chi connectivity index (χ1n) is 7.17. The lowest BCUT2D eigenvalue weighted by molar-refractivity contribution is 0.00546. The summed E-state index contributed by atoms with van der Waals surface area (Å²) in [5, 5.41) is 0.443. The lowest BCUT2D eigenvalue weighted by atomic mass is 10.1. The largest absolute Gasteiger partial charge is 0.378 e. The number of piperidine rings is 1. The highest BCUT2D eigenvalue weighted by molar-refractivity contribution is 6.30. The van der Waals surface area contributed by atoms with E-state index >= 15 is 0 Å². The molecule has 0 aromatic heterocycles. The highest BCUT2D eigenvalue weighted by atomic mass is 35.5. The third kappa shape index (κ3) is 4.70. The average Bonchev–Trinajstić information content (AvgIpc) is 2.44. The second-order valence-electron chi connectivity index (χ2n) is 5.22. The second kappa shape index (κ2) is 7.93. The van der Waals surface area contributed by atoms with Crippen LogP contribution in [0.3, 0.4) is 0 Å². The van der Waals surface area contributed by atoms with Crippen LogP contribution in [0, 0.1) is 5.82 Å². The molecule has 3 nitrogen and oxygen atoms in total. The molecule has 0 spiro atoms. The van der Waals surface area contributed by atoms with Crippen molar-refractivity contribution in [2.45, 2.75) is 31.9 Å². The average molecular weight is 301 g/mol. The Kier molecular flexibility index (Phi) is 6.23. The maximum Gasteiger partial charge on any atom is 0.129 e. The third-order valence-corrected chi connectivity index (χ3v) is 3.88. The molecule has 1 saturated heterocycles. The summed E-state index contributed by atoms with van der Waals surface area (Å²) in [6, 6.07) is 4.88. The van der Waals surface area contributed by atoms with Gasteiger partial charge in [-0.15, -0.1) is 0 Å². The van der Waals surface area contributed by atoms with Crippen molar-refractivity contribution < 1.29 is 9.13 Å². The zero-order valence-corrected chi connectivity index (χ0v) is 12.4. The second-order valence-corrected chi connectivity index (χ2v) is 5.66. The fourth-order valence-electron chi connectivity index (χ4n) is 2.46. The van der Waals surface area contributed by atoms with Gasteiger partial charge in [0.25, 0.3) is 0 Å². The van der Waals surface area contributed by atoms with Gasteiger partial charge in [0.05, 0.1) is 6.10 Å². The van der Waals surface area contributed by atoms with Crippen molar-refractivity contribution in [3.8, 4) is 0 Å². The van der Waals surface area contributed by atoms with Crippen LogP contribution in [-0.2, 0) is 11.3 Å². The predicted molar refractivity (Wildman–Crippen MR) is 79.3 cm³/mol.